The summed E-state index contributed by atoms with van der Waals surface area (Å²) in [7, 11) is 0. The van der Waals surface area contributed by atoms with Gasteiger partial charge in [0, 0.05) is 17.0 Å². The molecule has 1 N–H and O–H groups in total. The molecule has 5 nitrogen and oxygen atoms in total. The van der Waals surface area contributed by atoms with Crippen molar-refractivity contribution < 1.29 is 23.5 Å². The molecule has 2 aromatic carbocycles. The first kappa shape index (κ1) is 17.9. The largest absolute Gasteiger partial charge is 0.484 e. The number of para-hydroxylation sites is 1. The van der Waals surface area contributed by atoms with Gasteiger partial charge in [0.05, 0.1) is 11.3 Å². The van der Waals surface area contributed by atoms with Crippen LogP contribution in [0.4, 0.5) is 10.1 Å². The molecule has 4 rings (SSSR count). The quantitative estimate of drug-likeness (QED) is 0.645. The first-order valence-electron chi connectivity index (χ1n) is 8.39. The second-order valence-electron chi connectivity index (χ2n) is 5.93. The number of carbonyl (C=O) groups excluding carboxylic acids is 2. The van der Waals surface area contributed by atoms with Gasteiger partial charge in [0.2, 0.25) is 5.78 Å². The Morgan fingerprint density at radius 3 is 2.82 bits per heavy atom. The maximum atomic E-state index is 13.6. The molecule has 140 valence electrons. The van der Waals surface area contributed by atoms with E-state index >= 15 is 0 Å². The number of rotatable bonds is 5. The SMILES string of the molecule is O=C(COc1ccc2c(c1)OC(=Cc1cccs1)C2=O)Nc1ccccc1F. The van der Waals surface area contributed by atoms with Crippen LogP contribution in [0.15, 0.2) is 65.7 Å². The number of hydrogen-bond acceptors (Lipinski definition) is 5. The van der Waals surface area contributed by atoms with Gasteiger partial charge in [-0.1, -0.05) is 18.2 Å². The van der Waals surface area contributed by atoms with Crippen molar-refractivity contribution in [2.45, 2.75) is 0 Å². The van der Waals surface area contributed by atoms with Crippen molar-refractivity contribution in [1.29, 1.82) is 0 Å². The number of fused-ring (bicyclic) bond motifs is 1. The summed E-state index contributed by atoms with van der Waals surface area (Å²) in [6, 6.07) is 14.4. The van der Waals surface area contributed by atoms with Crippen molar-refractivity contribution in [3.8, 4) is 11.5 Å². The minimum absolute atomic E-state index is 0.0855. The zero-order chi connectivity index (χ0) is 19.5. The zero-order valence-corrected chi connectivity index (χ0v) is 15.3. The molecule has 0 unspecified atom stereocenters. The second kappa shape index (κ2) is 7.66. The summed E-state index contributed by atoms with van der Waals surface area (Å²) < 4.78 is 24.6. The maximum Gasteiger partial charge on any atom is 0.262 e. The molecule has 0 saturated heterocycles. The molecule has 0 radical (unpaired) electrons. The predicted octanol–water partition coefficient (Wildman–Crippen LogP) is 4.52. The molecule has 0 saturated carbocycles. The van der Waals surface area contributed by atoms with E-state index in [-0.39, 0.29) is 23.8 Å². The number of nitrogens with one attached hydrogen (secondary N) is 1. The van der Waals surface area contributed by atoms with Gasteiger partial charge < -0.3 is 14.8 Å². The second-order valence-corrected chi connectivity index (χ2v) is 6.91. The molecule has 1 aliphatic heterocycles. The van der Waals surface area contributed by atoms with Crippen molar-refractivity contribution in [2.24, 2.45) is 0 Å². The number of ketones is 1. The fourth-order valence-electron chi connectivity index (χ4n) is 2.66. The minimum Gasteiger partial charge on any atom is -0.484 e. The van der Waals surface area contributed by atoms with Crippen molar-refractivity contribution in [3.63, 3.8) is 0 Å². The van der Waals surface area contributed by atoms with Crippen LogP contribution in [-0.4, -0.2) is 18.3 Å². The van der Waals surface area contributed by atoms with Gasteiger partial charge in [-0.15, -0.1) is 11.3 Å². The molecule has 3 aromatic rings. The van der Waals surface area contributed by atoms with Crippen molar-refractivity contribution in [3.05, 3.63) is 82.0 Å². The number of ether oxygens (including phenoxy) is 2. The number of anilines is 1. The lowest BCUT2D eigenvalue weighted by molar-refractivity contribution is -0.118. The van der Waals surface area contributed by atoms with E-state index in [1.54, 1.807) is 30.3 Å². The van der Waals surface area contributed by atoms with E-state index < -0.39 is 11.7 Å². The van der Waals surface area contributed by atoms with Gasteiger partial charge >= 0.3 is 0 Å². The van der Waals surface area contributed by atoms with Crippen LogP contribution < -0.4 is 14.8 Å². The average Bonchev–Trinajstić information content (AvgIpc) is 3.30. The smallest absolute Gasteiger partial charge is 0.262 e. The monoisotopic (exact) mass is 395 g/mol. The van der Waals surface area contributed by atoms with E-state index in [9.17, 15) is 14.0 Å². The lowest BCUT2D eigenvalue weighted by Crippen LogP contribution is -2.20. The fraction of sp³-hybridized carbons (Fsp3) is 0.0476. The first-order valence-corrected chi connectivity index (χ1v) is 9.27. The molecular weight excluding hydrogens is 381 g/mol. The Hall–Kier alpha value is -3.45. The Kier molecular flexibility index (Phi) is 4.90. The molecule has 0 fully saturated rings. The Morgan fingerprint density at radius 2 is 2.04 bits per heavy atom. The molecule has 0 spiro atoms. The van der Waals surface area contributed by atoms with Gasteiger partial charge in [-0.3, -0.25) is 9.59 Å². The molecule has 1 aliphatic rings. The van der Waals surface area contributed by atoms with Crippen LogP contribution in [0.1, 0.15) is 15.2 Å². The summed E-state index contributed by atoms with van der Waals surface area (Å²) in [4.78, 5) is 25.3. The van der Waals surface area contributed by atoms with Crippen LogP contribution in [0.5, 0.6) is 11.5 Å². The van der Waals surface area contributed by atoms with Crippen molar-refractivity contribution >= 4 is 34.8 Å². The highest BCUT2D eigenvalue weighted by Gasteiger charge is 2.27. The van der Waals surface area contributed by atoms with Gasteiger partial charge in [-0.05, 0) is 35.7 Å². The Balaban J connectivity index is 1.41. The Bertz CT molecular complexity index is 1080. The van der Waals surface area contributed by atoms with Crippen LogP contribution >= 0.6 is 11.3 Å². The summed E-state index contributed by atoms with van der Waals surface area (Å²) in [5.74, 6) is -0.238. The van der Waals surface area contributed by atoms with E-state index in [0.717, 1.165) is 4.88 Å². The standard InChI is InChI=1S/C21H14FNO4S/c22-16-5-1-2-6-17(16)23-20(24)12-26-13-7-8-15-18(10-13)27-19(21(15)25)11-14-4-3-9-28-14/h1-11H,12H2,(H,23,24). The van der Waals surface area contributed by atoms with E-state index in [0.29, 0.717) is 17.1 Å². The van der Waals surface area contributed by atoms with Crippen LogP contribution in [0.25, 0.3) is 6.08 Å². The topological polar surface area (TPSA) is 64.6 Å². The van der Waals surface area contributed by atoms with Gasteiger partial charge in [0.15, 0.2) is 12.4 Å². The van der Waals surface area contributed by atoms with Crippen LogP contribution in [0, 0.1) is 5.82 Å². The number of thiophene rings is 1. The lowest BCUT2D eigenvalue weighted by atomic mass is 10.1. The number of hydrogen-bond donors (Lipinski definition) is 1. The molecule has 1 aromatic heterocycles. The Labute approximate surface area is 164 Å². The lowest BCUT2D eigenvalue weighted by Gasteiger charge is -2.08. The number of Topliss-reactive ketones (excluding diaryl/α,β-unsaturated/α-hetero) is 1. The van der Waals surface area contributed by atoms with E-state index in [2.05, 4.69) is 5.32 Å². The van der Waals surface area contributed by atoms with Crippen molar-refractivity contribution in [1.82, 2.24) is 0 Å². The molecule has 0 aliphatic carbocycles. The Morgan fingerprint density at radius 1 is 1.18 bits per heavy atom. The molecule has 1 amide bonds. The molecule has 2 heterocycles. The normalized spacial score (nSPS) is 13.9. The highest BCUT2D eigenvalue weighted by molar-refractivity contribution is 7.10. The van der Waals surface area contributed by atoms with Crippen LogP contribution in [0.3, 0.4) is 0 Å². The number of benzene rings is 2. The number of halogens is 1. The summed E-state index contributed by atoms with van der Waals surface area (Å²) >= 11 is 1.50. The molecule has 7 heteroatoms. The van der Waals surface area contributed by atoms with E-state index in [4.69, 9.17) is 9.47 Å². The van der Waals surface area contributed by atoms with E-state index in [1.807, 2.05) is 17.5 Å². The summed E-state index contributed by atoms with van der Waals surface area (Å²) in [5, 5.41) is 4.35. The molecular formula is C21H14FNO4S. The summed E-state index contributed by atoms with van der Waals surface area (Å²) in [6.45, 7) is -0.307. The van der Waals surface area contributed by atoms with Crippen LogP contribution in [0.2, 0.25) is 0 Å². The average molecular weight is 395 g/mol. The highest BCUT2D eigenvalue weighted by atomic mass is 32.1. The zero-order valence-electron chi connectivity index (χ0n) is 14.5. The predicted molar refractivity (Wildman–Crippen MR) is 104 cm³/mol. The summed E-state index contributed by atoms with van der Waals surface area (Å²) in [6.07, 6.45) is 1.69. The molecule has 28 heavy (non-hydrogen) atoms. The number of carbonyl (C=O) groups is 2. The highest BCUT2D eigenvalue weighted by Crippen LogP contribution is 2.35. The fourth-order valence-corrected chi connectivity index (χ4v) is 3.30. The number of allylic oxidation sites excluding steroid dienone is 1. The van der Waals surface area contributed by atoms with Gasteiger partial charge in [-0.2, -0.15) is 0 Å². The first-order chi connectivity index (χ1) is 13.6. The molecule has 0 atom stereocenters. The maximum absolute atomic E-state index is 13.6. The third-order valence-corrected chi connectivity index (χ3v) is 4.80. The minimum atomic E-state index is -0.523. The van der Waals surface area contributed by atoms with Crippen LogP contribution in [-0.2, 0) is 4.79 Å². The molecule has 0 bridgehead atoms. The van der Waals surface area contributed by atoms with Gasteiger partial charge in [0.1, 0.15) is 17.3 Å². The third-order valence-electron chi connectivity index (χ3n) is 3.98. The third kappa shape index (κ3) is 3.79. The van der Waals surface area contributed by atoms with Gasteiger partial charge in [-0.25, -0.2) is 4.39 Å². The van der Waals surface area contributed by atoms with Gasteiger partial charge in [0.25, 0.3) is 5.91 Å². The van der Waals surface area contributed by atoms with E-state index in [1.165, 1.54) is 29.5 Å². The van der Waals surface area contributed by atoms with Crippen molar-refractivity contribution in [2.75, 3.05) is 11.9 Å². The number of amides is 1. The summed E-state index contributed by atoms with van der Waals surface area (Å²) in [5.41, 5.74) is 0.522.